The Hall–Kier alpha value is -1.02. The van der Waals surface area contributed by atoms with E-state index in [9.17, 15) is 4.79 Å². The van der Waals surface area contributed by atoms with E-state index in [1.165, 1.54) is 0 Å². The fourth-order valence-electron chi connectivity index (χ4n) is 1.05. The maximum atomic E-state index is 11.5. The minimum Gasteiger partial charge on any atom is -0.341 e. The van der Waals surface area contributed by atoms with Crippen molar-refractivity contribution in [3.8, 4) is 9.85 Å². The molecule has 1 aromatic rings. The molecule has 0 atom stereocenters. The SMILES string of the molecule is Cc1cccc(C(=O)NCC#CI)c1. The molecule has 1 aromatic carbocycles. The Morgan fingerprint density at radius 3 is 3.00 bits per heavy atom. The van der Waals surface area contributed by atoms with E-state index in [4.69, 9.17) is 0 Å². The highest BCUT2D eigenvalue weighted by molar-refractivity contribution is 14.1. The van der Waals surface area contributed by atoms with Crippen LogP contribution in [-0.4, -0.2) is 12.5 Å². The highest BCUT2D eigenvalue weighted by Gasteiger charge is 2.02. The standard InChI is InChI=1S/C11H10INO/c1-9-4-2-5-10(8-9)11(14)13-7-3-6-12/h2,4-5,8H,7H2,1H3,(H,13,14). The van der Waals surface area contributed by atoms with Crippen molar-refractivity contribution in [2.75, 3.05) is 6.54 Å². The van der Waals surface area contributed by atoms with Gasteiger partial charge in [0, 0.05) is 28.2 Å². The number of benzene rings is 1. The van der Waals surface area contributed by atoms with Crippen LogP contribution in [0.25, 0.3) is 0 Å². The summed E-state index contributed by atoms with van der Waals surface area (Å²) in [5, 5.41) is 2.71. The van der Waals surface area contributed by atoms with E-state index in [1.54, 1.807) is 6.07 Å². The van der Waals surface area contributed by atoms with Crippen molar-refractivity contribution < 1.29 is 4.79 Å². The second kappa shape index (κ2) is 5.66. The molecule has 0 bridgehead atoms. The average Bonchev–Trinajstić information content (AvgIpc) is 2.18. The minimum atomic E-state index is -0.0761. The van der Waals surface area contributed by atoms with Gasteiger partial charge in [0.1, 0.15) is 0 Å². The summed E-state index contributed by atoms with van der Waals surface area (Å²) >= 11 is 1.94. The lowest BCUT2D eigenvalue weighted by Crippen LogP contribution is -2.23. The topological polar surface area (TPSA) is 29.1 Å². The summed E-state index contributed by atoms with van der Waals surface area (Å²) in [4.78, 5) is 11.5. The lowest BCUT2D eigenvalue weighted by Gasteiger charge is -2.01. The lowest BCUT2D eigenvalue weighted by atomic mass is 10.1. The number of carbonyl (C=O) groups excluding carboxylic acids is 1. The summed E-state index contributed by atoms with van der Waals surface area (Å²) in [5.74, 6) is 2.69. The van der Waals surface area contributed by atoms with E-state index < -0.39 is 0 Å². The van der Waals surface area contributed by atoms with E-state index in [1.807, 2.05) is 47.7 Å². The van der Waals surface area contributed by atoms with Crippen LogP contribution < -0.4 is 5.32 Å². The smallest absolute Gasteiger partial charge is 0.252 e. The molecule has 14 heavy (non-hydrogen) atoms. The summed E-state index contributed by atoms with van der Waals surface area (Å²) < 4.78 is 2.69. The van der Waals surface area contributed by atoms with Crippen LogP contribution in [0, 0.1) is 16.8 Å². The van der Waals surface area contributed by atoms with Crippen LogP contribution in [0.5, 0.6) is 0 Å². The Kier molecular flexibility index (Phi) is 4.47. The predicted molar refractivity (Wildman–Crippen MR) is 65.3 cm³/mol. The summed E-state index contributed by atoms with van der Waals surface area (Å²) in [7, 11) is 0. The van der Waals surface area contributed by atoms with E-state index in [0.29, 0.717) is 12.1 Å². The Morgan fingerprint density at radius 2 is 2.36 bits per heavy atom. The van der Waals surface area contributed by atoms with Crippen LogP contribution in [0.2, 0.25) is 0 Å². The molecule has 0 fully saturated rings. The van der Waals surface area contributed by atoms with Gasteiger partial charge in [-0.2, -0.15) is 0 Å². The largest absolute Gasteiger partial charge is 0.341 e. The van der Waals surface area contributed by atoms with Gasteiger partial charge in [0.05, 0.1) is 6.54 Å². The van der Waals surface area contributed by atoms with Crippen LogP contribution in [0.3, 0.4) is 0 Å². The summed E-state index contributed by atoms with van der Waals surface area (Å²) in [6.45, 7) is 2.36. The van der Waals surface area contributed by atoms with Crippen LogP contribution in [0.1, 0.15) is 15.9 Å². The molecule has 72 valence electrons. The second-order valence-corrected chi connectivity index (χ2v) is 3.36. The second-order valence-electron chi connectivity index (χ2n) is 2.82. The number of nitrogens with one attached hydrogen (secondary N) is 1. The average molecular weight is 299 g/mol. The minimum absolute atomic E-state index is 0.0761. The molecule has 1 rings (SSSR count). The van der Waals surface area contributed by atoms with E-state index in [-0.39, 0.29) is 5.91 Å². The van der Waals surface area contributed by atoms with Gasteiger partial charge in [-0.25, -0.2) is 0 Å². The van der Waals surface area contributed by atoms with Gasteiger partial charge in [-0.3, -0.25) is 4.79 Å². The van der Waals surface area contributed by atoms with Crippen molar-refractivity contribution in [1.29, 1.82) is 0 Å². The number of aryl methyl sites for hydroxylation is 1. The van der Waals surface area contributed by atoms with Gasteiger partial charge < -0.3 is 5.32 Å². The first-order chi connectivity index (χ1) is 6.74. The first-order valence-corrected chi connectivity index (χ1v) is 5.25. The molecule has 0 radical (unpaired) electrons. The van der Waals surface area contributed by atoms with Gasteiger partial charge in [-0.1, -0.05) is 23.6 Å². The molecule has 0 heterocycles. The third-order valence-corrected chi connectivity index (χ3v) is 2.07. The third-order valence-electron chi connectivity index (χ3n) is 1.68. The number of carbonyl (C=O) groups is 1. The number of hydrogen-bond donors (Lipinski definition) is 1. The van der Waals surface area contributed by atoms with Crippen molar-refractivity contribution >= 4 is 28.5 Å². The summed E-state index contributed by atoms with van der Waals surface area (Å²) in [6.07, 6.45) is 0. The van der Waals surface area contributed by atoms with Gasteiger partial charge in [0.15, 0.2) is 0 Å². The third kappa shape index (κ3) is 3.38. The van der Waals surface area contributed by atoms with Crippen molar-refractivity contribution in [1.82, 2.24) is 5.32 Å². The van der Waals surface area contributed by atoms with Crippen LogP contribution in [0.4, 0.5) is 0 Å². The number of amides is 1. The van der Waals surface area contributed by atoms with Crippen LogP contribution in [0.15, 0.2) is 24.3 Å². The lowest BCUT2D eigenvalue weighted by molar-refractivity contribution is 0.0958. The quantitative estimate of drug-likeness (QED) is 0.658. The molecule has 0 spiro atoms. The number of rotatable bonds is 2. The zero-order valence-electron chi connectivity index (χ0n) is 7.80. The van der Waals surface area contributed by atoms with Crippen LogP contribution in [-0.2, 0) is 0 Å². The van der Waals surface area contributed by atoms with Gasteiger partial charge in [0.25, 0.3) is 5.91 Å². The first kappa shape index (κ1) is 11.1. The zero-order valence-corrected chi connectivity index (χ0v) is 9.96. The Labute approximate surface area is 97.2 Å². The molecule has 0 unspecified atom stereocenters. The van der Waals surface area contributed by atoms with E-state index >= 15 is 0 Å². The van der Waals surface area contributed by atoms with E-state index in [2.05, 4.69) is 15.2 Å². The molecule has 0 aliphatic heterocycles. The highest BCUT2D eigenvalue weighted by atomic mass is 127. The Bertz CT molecular complexity index is 390. The van der Waals surface area contributed by atoms with Gasteiger partial charge in [-0.05, 0) is 23.0 Å². The molecule has 0 saturated carbocycles. The predicted octanol–water partition coefficient (Wildman–Crippen LogP) is 2.12. The monoisotopic (exact) mass is 299 g/mol. The van der Waals surface area contributed by atoms with Crippen LogP contribution >= 0.6 is 22.6 Å². The summed E-state index contributed by atoms with van der Waals surface area (Å²) in [5.41, 5.74) is 1.76. The van der Waals surface area contributed by atoms with E-state index in [0.717, 1.165) is 5.56 Å². The zero-order chi connectivity index (χ0) is 10.4. The van der Waals surface area contributed by atoms with Crippen molar-refractivity contribution in [2.45, 2.75) is 6.92 Å². The maximum absolute atomic E-state index is 11.5. The number of halogens is 1. The molecule has 0 aliphatic carbocycles. The van der Waals surface area contributed by atoms with Gasteiger partial charge >= 0.3 is 0 Å². The number of hydrogen-bond acceptors (Lipinski definition) is 1. The van der Waals surface area contributed by atoms with Gasteiger partial charge in [0.2, 0.25) is 0 Å². The molecule has 2 nitrogen and oxygen atoms in total. The molecule has 1 amide bonds. The fraction of sp³-hybridized carbons (Fsp3) is 0.182. The van der Waals surface area contributed by atoms with Crippen molar-refractivity contribution in [2.24, 2.45) is 0 Å². The Balaban J connectivity index is 2.63. The molecule has 0 saturated heterocycles. The summed E-state index contributed by atoms with van der Waals surface area (Å²) in [6, 6.07) is 7.47. The molecule has 0 aliphatic rings. The molecule has 1 N–H and O–H groups in total. The van der Waals surface area contributed by atoms with Crippen molar-refractivity contribution in [3.05, 3.63) is 35.4 Å². The highest BCUT2D eigenvalue weighted by Crippen LogP contribution is 2.03. The maximum Gasteiger partial charge on any atom is 0.252 e. The molecule has 0 aromatic heterocycles. The first-order valence-electron chi connectivity index (χ1n) is 4.17. The Morgan fingerprint density at radius 1 is 1.57 bits per heavy atom. The molecular formula is C11H10INO. The molecule has 3 heteroatoms. The normalized spacial score (nSPS) is 8.71. The van der Waals surface area contributed by atoms with Gasteiger partial charge in [-0.15, -0.1) is 0 Å². The fourth-order valence-corrected chi connectivity index (χ4v) is 1.24. The molecular weight excluding hydrogens is 289 g/mol. The van der Waals surface area contributed by atoms with Crippen molar-refractivity contribution in [3.63, 3.8) is 0 Å².